The summed E-state index contributed by atoms with van der Waals surface area (Å²) in [5.41, 5.74) is 5.38. The Morgan fingerprint density at radius 1 is 0.413 bits per heavy atom. The predicted octanol–water partition coefficient (Wildman–Crippen LogP) is 19.2. The van der Waals surface area contributed by atoms with Crippen molar-refractivity contribution in [3.8, 4) is 0 Å². The fraction of sp³-hybridized carbons (Fsp3) is 0.662. The number of carbonyl (C=O) groups excluding carboxylic acids is 2. The lowest BCUT2D eigenvalue weighted by Gasteiger charge is -2.19. The van der Waals surface area contributed by atoms with Gasteiger partial charge in [-0.2, -0.15) is 0 Å². The highest BCUT2D eigenvalue weighted by Crippen LogP contribution is 2.43. The number of phosphoric acid groups is 1. The van der Waals surface area contributed by atoms with Gasteiger partial charge in [0, 0.05) is 19.4 Å². The van der Waals surface area contributed by atoms with E-state index >= 15 is 0 Å². The van der Waals surface area contributed by atoms with Gasteiger partial charge in [-0.1, -0.05) is 251 Å². The molecule has 0 bridgehead atoms. The predicted molar refractivity (Wildman–Crippen MR) is 321 cm³/mol. The Labute approximate surface area is 460 Å². The zero-order chi connectivity index (χ0) is 54.5. The molecular formula is C65H110NO8P. The quantitative estimate of drug-likeness (QED) is 0.0264. The molecule has 0 aromatic heterocycles. The summed E-state index contributed by atoms with van der Waals surface area (Å²) < 4.78 is 33.0. The lowest BCUT2D eigenvalue weighted by molar-refractivity contribution is -0.161. The minimum absolute atomic E-state index is 0.0383. The summed E-state index contributed by atoms with van der Waals surface area (Å²) in [6, 6.07) is 0. The molecule has 0 spiro atoms. The summed E-state index contributed by atoms with van der Waals surface area (Å²) >= 11 is 0. The molecule has 0 saturated heterocycles. The molecule has 0 aliphatic carbocycles. The number of unbranched alkanes of at least 4 members (excludes halogenated alkanes) is 22. The van der Waals surface area contributed by atoms with Crippen LogP contribution >= 0.6 is 7.82 Å². The largest absolute Gasteiger partial charge is 0.472 e. The van der Waals surface area contributed by atoms with Gasteiger partial charge >= 0.3 is 19.8 Å². The number of nitrogens with two attached hydrogens (primary N) is 1. The Hall–Kier alpha value is -3.59. The molecule has 0 aromatic carbocycles. The highest BCUT2D eigenvalue weighted by Gasteiger charge is 2.26. The van der Waals surface area contributed by atoms with Crippen molar-refractivity contribution in [1.29, 1.82) is 0 Å². The van der Waals surface area contributed by atoms with Gasteiger partial charge < -0.3 is 20.1 Å². The van der Waals surface area contributed by atoms with Gasteiger partial charge in [-0.3, -0.25) is 18.6 Å². The molecule has 0 heterocycles. The van der Waals surface area contributed by atoms with Gasteiger partial charge in [-0.25, -0.2) is 4.57 Å². The van der Waals surface area contributed by atoms with E-state index in [4.69, 9.17) is 24.3 Å². The molecule has 3 N–H and O–H groups in total. The molecule has 2 atom stereocenters. The summed E-state index contributed by atoms with van der Waals surface area (Å²) in [5, 5.41) is 0. The van der Waals surface area contributed by atoms with Gasteiger partial charge in [0.2, 0.25) is 0 Å². The number of hydrogen-bond donors (Lipinski definition) is 2. The van der Waals surface area contributed by atoms with Gasteiger partial charge in [0.25, 0.3) is 0 Å². The van der Waals surface area contributed by atoms with Crippen LogP contribution in [0.4, 0.5) is 0 Å². The second-order valence-electron chi connectivity index (χ2n) is 19.5. The number of rotatable bonds is 55. The van der Waals surface area contributed by atoms with Crippen molar-refractivity contribution in [1.82, 2.24) is 0 Å². The zero-order valence-electron chi connectivity index (χ0n) is 47.7. The van der Waals surface area contributed by atoms with Crippen molar-refractivity contribution in [2.75, 3.05) is 26.4 Å². The van der Waals surface area contributed by atoms with Crippen molar-refractivity contribution in [2.24, 2.45) is 5.73 Å². The maximum absolute atomic E-state index is 12.7. The van der Waals surface area contributed by atoms with Crippen LogP contribution in [0.5, 0.6) is 0 Å². The second-order valence-corrected chi connectivity index (χ2v) is 20.9. The van der Waals surface area contributed by atoms with E-state index in [1.54, 1.807) is 0 Å². The lowest BCUT2D eigenvalue weighted by atomic mass is 10.0. The Morgan fingerprint density at radius 3 is 1.13 bits per heavy atom. The zero-order valence-corrected chi connectivity index (χ0v) is 48.6. The third-order valence-corrected chi connectivity index (χ3v) is 13.3. The minimum Gasteiger partial charge on any atom is -0.462 e. The number of hydrogen-bond acceptors (Lipinski definition) is 8. The molecule has 2 unspecified atom stereocenters. The number of ether oxygens (including phenoxy) is 2. The summed E-state index contributed by atoms with van der Waals surface area (Å²) in [6.07, 6.45) is 82.7. The molecule has 0 aliphatic rings. The summed E-state index contributed by atoms with van der Waals surface area (Å²) in [4.78, 5) is 35.2. The number of carbonyl (C=O) groups is 2. The Balaban J connectivity index is 4.03. The highest BCUT2D eigenvalue weighted by atomic mass is 31.2. The van der Waals surface area contributed by atoms with Crippen LogP contribution in [-0.4, -0.2) is 49.3 Å². The highest BCUT2D eigenvalue weighted by molar-refractivity contribution is 7.47. The summed E-state index contributed by atoms with van der Waals surface area (Å²) in [6.45, 7) is 3.55. The first-order chi connectivity index (χ1) is 36.8. The second kappa shape index (κ2) is 59.7. The molecule has 9 nitrogen and oxygen atoms in total. The smallest absolute Gasteiger partial charge is 0.462 e. The first-order valence-corrected chi connectivity index (χ1v) is 31.5. The van der Waals surface area contributed by atoms with Crippen LogP contribution in [0.25, 0.3) is 0 Å². The molecular weight excluding hydrogens is 954 g/mol. The average molecular weight is 1060 g/mol. The topological polar surface area (TPSA) is 134 Å². The van der Waals surface area contributed by atoms with Gasteiger partial charge in [-0.15, -0.1) is 0 Å². The molecule has 0 radical (unpaired) electrons. The molecule has 0 aliphatic heterocycles. The van der Waals surface area contributed by atoms with Crippen LogP contribution in [0.15, 0.2) is 122 Å². The van der Waals surface area contributed by atoms with E-state index in [1.807, 2.05) is 6.08 Å². The molecule has 0 fully saturated rings. The summed E-state index contributed by atoms with van der Waals surface area (Å²) in [5.74, 6) is -0.901. The first kappa shape index (κ1) is 71.4. The van der Waals surface area contributed by atoms with Gasteiger partial charge in [0.1, 0.15) is 6.61 Å². The van der Waals surface area contributed by atoms with Crippen LogP contribution < -0.4 is 5.73 Å². The molecule has 428 valence electrons. The maximum atomic E-state index is 12.7. The van der Waals surface area contributed by atoms with Crippen molar-refractivity contribution < 1.29 is 37.6 Å². The van der Waals surface area contributed by atoms with Gasteiger partial charge in [0.05, 0.1) is 13.2 Å². The Bertz CT molecular complexity index is 1640. The van der Waals surface area contributed by atoms with E-state index < -0.39 is 32.5 Å². The molecule has 0 aromatic rings. The van der Waals surface area contributed by atoms with Crippen LogP contribution in [-0.2, 0) is 32.7 Å². The minimum atomic E-state index is -4.41. The molecule has 0 rings (SSSR count). The number of phosphoric ester groups is 1. The van der Waals surface area contributed by atoms with Crippen molar-refractivity contribution >= 4 is 19.8 Å². The van der Waals surface area contributed by atoms with Crippen LogP contribution in [0.1, 0.15) is 245 Å². The third kappa shape index (κ3) is 59.5. The van der Waals surface area contributed by atoms with Crippen LogP contribution in [0, 0.1) is 0 Å². The van der Waals surface area contributed by atoms with Crippen LogP contribution in [0.2, 0.25) is 0 Å². The fourth-order valence-corrected chi connectivity index (χ4v) is 8.69. The van der Waals surface area contributed by atoms with E-state index in [0.717, 1.165) is 77.0 Å². The maximum Gasteiger partial charge on any atom is 0.472 e. The van der Waals surface area contributed by atoms with E-state index in [-0.39, 0.29) is 32.6 Å². The average Bonchev–Trinajstić information content (AvgIpc) is 3.40. The third-order valence-electron chi connectivity index (χ3n) is 12.3. The van der Waals surface area contributed by atoms with E-state index in [0.29, 0.717) is 12.8 Å². The van der Waals surface area contributed by atoms with E-state index in [9.17, 15) is 19.0 Å². The number of allylic oxidation sites excluding steroid dienone is 20. The number of esters is 2. The van der Waals surface area contributed by atoms with Gasteiger partial charge in [0.15, 0.2) is 6.10 Å². The monoisotopic (exact) mass is 1060 g/mol. The van der Waals surface area contributed by atoms with Gasteiger partial charge in [-0.05, 0) is 103 Å². The molecule has 0 amide bonds. The first-order valence-electron chi connectivity index (χ1n) is 30.0. The Morgan fingerprint density at radius 2 is 0.747 bits per heavy atom. The SMILES string of the molecule is CC/C=C\C/C=C\C/C=C\C/C=C\C/C=C\C/C=C\C/C=C\CCCC(=O)OC(COC(=O)CCCCCCCCCCCCCCCCCC/C=C\C/C=C\C/C=C\CCCCCCC)COP(=O)(O)OCCN. The van der Waals surface area contributed by atoms with E-state index in [2.05, 4.69) is 129 Å². The standard InChI is InChI=1S/C65H110NO8P/c1-3-5-7-9-11-13-15-17-19-21-23-25-27-28-29-30-31-32-33-34-36-37-39-41-43-45-47-49-51-53-55-57-64(67)71-61-63(62-73-75(69,70)72-60-59-66)74-65(68)58-56-54-52-50-48-46-44-42-40-38-35-26-24-22-20-18-16-14-12-10-8-6-4-2/h6,8,12,14-15,17-18,20-21,23-24,26-28,38,40,44,46,50,52,63H,3-5,7,9-11,13,16,19,22,25,29-37,39,41-43,45,47-49,51,53-62,66H2,1-2H3,(H,69,70)/b8-6-,14-12-,17-15-,20-18-,23-21-,26-24-,28-27-,40-38-,46-44-,52-50-. The fourth-order valence-electron chi connectivity index (χ4n) is 7.93. The molecule has 10 heteroatoms. The van der Waals surface area contributed by atoms with Crippen LogP contribution in [0.3, 0.4) is 0 Å². The molecule has 0 saturated carbocycles. The normalized spacial score (nSPS) is 13.9. The van der Waals surface area contributed by atoms with E-state index in [1.165, 1.54) is 128 Å². The molecule has 75 heavy (non-hydrogen) atoms. The van der Waals surface area contributed by atoms with Crippen molar-refractivity contribution in [3.63, 3.8) is 0 Å². The Kier molecular flexibility index (Phi) is 56.8. The summed E-state index contributed by atoms with van der Waals surface area (Å²) in [7, 11) is -4.41. The van der Waals surface area contributed by atoms with Crippen molar-refractivity contribution in [2.45, 2.75) is 251 Å². The van der Waals surface area contributed by atoms with Crippen molar-refractivity contribution in [3.05, 3.63) is 122 Å². The lowest BCUT2D eigenvalue weighted by Crippen LogP contribution is -2.29.